The molecule has 3 heterocycles. The van der Waals surface area contributed by atoms with Crippen LogP contribution in [0.25, 0.3) is 0 Å². The number of piperidine rings is 1. The van der Waals surface area contributed by atoms with Gasteiger partial charge < -0.3 is 5.32 Å². The van der Waals surface area contributed by atoms with Gasteiger partial charge in [-0.15, -0.1) is 0 Å². The summed E-state index contributed by atoms with van der Waals surface area (Å²) in [6.07, 6.45) is 3.24. The van der Waals surface area contributed by atoms with E-state index in [2.05, 4.69) is 24.5 Å². The van der Waals surface area contributed by atoms with Gasteiger partial charge in [-0.1, -0.05) is 13.8 Å². The first-order chi connectivity index (χ1) is 13.8. The van der Waals surface area contributed by atoms with Crippen LogP contribution in [0.4, 0.5) is 0 Å². The zero-order valence-electron chi connectivity index (χ0n) is 16.7. The molecule has 7 nitrogen and oxygen atoms in total. The molecule has 0 saturated carbocycles. The van der Waals surface area contributed by atoms with Gasteiger partial charge in [0.2, 0.25) is 11.8 Å². The first kappa shape index (κ1) is 18.5. The molecule has 2 saturated heterocycles. The normalized spacial score (nSPS) is 27.8. The molecule has 2 N–H and O–H groups in total. The molecule has 1 spiro atoms. The number of benzene rings is 1. The van der Waals surface area contributed by atoms with Crippen molar-refractivity contribution >= 4 is 23.6 Å². The highest BCUT2D eigenvalue weighted by molar-refractivity contribution is 6.23. The van der Waals surface area contributed by atoms with E-state index in [9.17, 15) is 19.2 Å². The molecule has 1 aromatic rings. The minimum Gasteiger partial charge on any atom is -0.313 e. The second-order valence-corrected chi connectivity index (χ2v) is 9.40. The van der Waals surface area contributed by atoms with Crippen LogP contribution in [-0.2, 0) is 22.4 Å². The van der Waals surface area contributed by atoms with Crippen molar-refractivity contribution in [3.05, 3.63) is 34.4 Å². The van der Waals surface area contributed by atoms with Crippen LogP contribution in [-0.4, -0.2) is 47.2 Å². The number of nitrogens with zero attached hydrogens (tertiary/aromatic N) is 1. The Hall–Kier alpha value is -2.54. The molecule has 29 heavy (non-hydrogen) atoms. The van der Waals surface area contributed by atoms with Crippen LogP contribution in [0, 0.1) is 11.3 Å². The van der Waals surface area contributed by atoms with Gasteiger partial charge in [0.05, 0.1) is 11.1 Å². The number of imide groups is 2. The predicted octanol–water partition coefficient (Wildman–Crippen LogP) is 1.19. The Morgan fingerprint density at radius 2 is 1.66 bits per heavy atom. The summed E-state index contributed by atoms with van der Waals surface area (Å²) < 4.78 is 0. The largest absolute Gasteiger partial charge is 0.313 e. The van der Waals surface area contributed by atoms with E-state index in [4.69, 9.17) is 0 Å². The molecule has 4 amide bonds. The molecule has 4 aliphatic rings. The summed E-state index contributed by atoms with van der Waals surface area (Å²) in [4.78, 5) is 50.7. The summed E-state index contributed by atoms with van der Waals surface area (Å²) in [5.74, 6) is -1.20. The first-order valence-electron chi connectivity index (χ1n) is 10.4. The Bertz CT molecular complexity index is 922. The second kappa shape index (κ2) is 6.23. The molecular formula is C22H25N3O4. The van der Waals surface area contributed by atoms with Crippen LogP contribution in [0.5, 0.6) is 0 Å². The van der Waals surface area contributed by atoms with E-state index in [0.717, 1.165) is 41.8 Å². The molecule has 5 rings (SSSR count). The summed E-state index contributed by atoms with van der Waals surface area (Å²) >= 11 is 0. The fraction of sp³-hybridized carbons (Fsp3) is 0.545. The quantitative estimate of drug-likeness (QED) is 0.734. The third kappa shape index (κ3) is 2.74. The summed E-state index contributed by atoms with van der Waals surface area (Å²) in [6, 6.07) is 3.33. The number of nitrogens with one attached hydrogen (secondary N) is 2. The van der Waals surface area contributed by atoms with E-state index in [-0.39, 0.29) is 24.2 Å². The van der Waals surface area contributed by atoms with E-state index in [0.29, 0.717) is 23.1 Å². The highest BCUT2D eigenvalue weighted by atomic mass is 16.2. The average Bonchev–Trinajstić information content (AvgIpc) is 3.30. The number of fused-ring (bicyclic) bond motifs is 2. The highest BCUT2D eigenvalue weighted by Crippen LogP contribution is 2.45. The van der Waals surface area contributed by atoms with Gasteiger partial charge in [0, 0.05) is 19.0 Å². The molecular weight excluding hydrogens is 370 g/mol. The van der Waals surface area contributed by atoms with E-state index in [1.807, 2.05) is 12.1 Å². The zero-order chi connectivity index (χ0) is 20.5. The van der Waals surface area contributed by atoms with Crippen molar-refractivity contribution < 1.29 is 19.2 Å². The zero-order valence-corrected chi connectivity index (χ0v) is 16.7. The lowest BCUT2D eigenvalue weighted by Crippen LogP contribution is -2.54. The van der Waals surface area contributed by atoms with Crippen molar-refractivity contribution in [3.8, 4) is 0 Å². The minimum absolute atomic E-state index is 0.132. The Kier molecular flexibility index (Phi) is 3.97. The maximum absolute atomic E-state index is 13.0. The molecule has 0 aromatic heterocycles. The lowest BCUT2D eigenvalue weighted by atomic mass is 9.81. The second-order valence-electron chi connectivity index (χ2n) is 9.40. The minimum atomic E-state index is -0.910. The maximum Gasteiger partial charge on any atom is 0.262 e. The Morgan fingerprint density at radius 1 is 1.03 bits per heavy atom. The molecule has 0 bridgehead atoms. The van der Waals surface area contributed by atoms with Gasteiger partial charge >= 0.3 is 0 Å². The topological polar surface area (TPSA) is 95.6 Å². The summed E-state index contributed by atoms with van der Waals surface area (Å²) in [5.41, 5.74) is 3.23. The molecule has 1 aromatic carbocycles. The standard InChI is InChI=1S/C22H25N3O4/c1-11(2)16-9-22(10-23-16)7-12-5-14-15(6-13(12)8-22)21(29)25(20(14)28)17-3-4-18(26)24-19(17)27/h5-6,11,16-17,23H,3-4,7-10H2,1-2H3,(H,24,26,27). The lowest BCUT2D eigenvalue weighted by Gasteiger charge is -2.27. The predicted molar refractivity (Wildman–Crippen MR) is 104 cm³/mol. The smallest absolute Gasteiger partial charge is 0.262 e. The van der Waals surface area contributed by atoms with E-state index in [1.165, 1.54) is 0 Å². The Morgan fingerprint density at radius 3 is 2.17 bits per heavy atom. The van der Waals surface area contributed by atoms with Gasteiger partial charge in [-0.3, -0.25) is 29.4 Å². The van der Waals surface area contributed by atoms with Gasteiger partial charge in [-0.05, 0) is 60.3 Å². The summed E-state index contributed by atoms with van der Waals surface area (Å²) in [7, 11) is 0. The van der Waals surface area contributed by atoms with E-state index < -0.39 is 23.8 Å². The molecule has 1 aliphatic carbocycles. The van der Waals surface area contributed by atoms with E-state index >= 15 is 0 Å². The third-order valence-corrected chi connectivity index (χ3v) is 7.09. The molecule has 0 radical (unpaired) electrons. The molecule has 2 unspecified atom stereocenters. The van der Waals surface area contributed by atoms with Gasteiger partial charge in [0.1, 0.15) is 6.04 Å². The van der Waals surface area contributed by atoms with Crippen molar-refractivity contribution in [1.82, 2.24) is 15.5 Å². The van der Waals surface area contributed by atoms with Crippen molar-refractivity contribution in [2.75, 3.05) is 6.54 Å². The number of carbonyl (C=O) groups excluding carboxylic acids is 4. The van der Waals surface area contributed by atoms with Crippen LogP contribution in [0.1, 0.15) is 65.0 Å². The molecule has 3 aliphatic heterocycles. The van der Waals surface area contributed by atoms with Crippen LogP contribution < -0.4 is 10.6 Å². The van der Waals surface area contributed by atoms with Crippen LogP contribution in [0.3, 0.4) is 0 Å². The lowest BCUT2D eigenvalue weighted by molar-refractivity contribution is -0.136. The number of carbonyl (C=O) groups is 4. The highest BCUT2D eigenvalue weighted by Gasteiger charge is 2.48. The van der Waals surface area contributed by atoms with Crippen LogP contribution in [0.2, 0.25) is 0 Å². The summed E-state index contributed by atoms with van der Waals surface area (Å²) in [6.45, 7) is 5.42. The molecule has 2 atom stereocenters. The number of rotatable bonds is 2. The first-order valence-corrected chi connectivity index (χ1v) is 10.4. The van der Waals surface area contributed by atoms with Crippen LogP contribution in [0.15, 0.2) is 12.1 Å². The average molecular weight is 395 g/mol. The van der Waals surface area contributed by atoms with Crippen LogP contribution >= 0.6 is 0 Å². The van der Waals surface area contributed by atoms with Gasteiger partial charge in [-0.25, -0.2) is 0 Å². The van der Waals surface area contributed by atoms with Crippen molar-refractivity contribution in [3.63, 3.8) is 0 Å². The van der Waals surface area contributed by atoms with Gasteiger partial charge in [0.25, 0.3) is 11.8 Å². The molecule has 152 valence electrons. The number of hydrogen-bond acceptors (Lipinski definition) is 5. The maximum atomic E-state index is 13.0. The van der Waals surface area contributed by atoms with E-state index in [1.54, 1.807) is 0 Å². The van der Waals surface area contributed by atoms with Crippen molar-refractivity contribution in [2.45, 2.75) is 58.0 Å². The number of amides is 4. The number of hydrogen-bond donors (Lipinski definition) is 2. The molecule has 7 heteroatoms. The summed E-state index contributed by atoms with van der Waals surface area (Å²) in [5, 5.41) is 5.88. The fourth-order valence-corrected chi connectivity index (χ4v) is 5.51. The van der Waals surface area contributed by atoms with Crippen molar-refractivity contribution in [2.24, 2.45) is 11.3 Å². The SMILES string of the molecule is CC(C)C1CC2(CN1)Cc1cc3c(cc1C2)C(=O)N(C1CCC(=O)NC1=O)C3=O. The Labute approximate surface area is 169 Å². The molecule has 2 fully saturated rings. The Balaban J connectivity index is 1.42. The third-order valence-electron chi connectivity index (χ3n) is 7.09. The monoisotopic (exact) mass is 395 g/mol. The van der Waals surface area contributed by atoms with Gasteiger partial charge in [-0.2, -0.15) is 0 Å². The fourth-order valence-electron chi connectivity index (χ4n) is 5.51. The van der Waals surface area contributed by atoms with Gasteiger partial charge in [0.15, 0.2) is 0 Å². The van der Waals surface area contributed by atoms with Crippen molar-refractivity contribution in [1.29, 1.82) is 0 Å².